The molecule has 4 nitrogen and oxygen atoms in total. The SMILES string of the molecule is N#CC=CCC[C@H]1CC[C@H](C(=O)O[C@H]2CC[C@H](c3ccc(C#N)c(F)c3)CC2)CC1. The highest BCUT2D eigenvalue weighted by Crippen LogP contribution is 2.36. The van der Waals surface area contributed by atoms with Gasteiger partial charge in [0, 0.05) is 6.08 Å². The monoisotopic (exact) mass is 408 g/mol. The third-order valence-corrected chi connectivity index (χ3v) is 6.66. The summed E-state index contributed by atoms with van der Waals surface area (Å²) in [4.78, 5) is 12.6. The van der Waals surface area contributed by atoms with Crippen LogP contribution in [0.5, 0.6) is 0 Å². The zero-order valence-electron chi connectivity index (χ0n) is 17.4. The third kappa shape index (κ3) is 5.92. The molecule has 0 amide bonds. The molecule has 0 atom stereocenters. The van der Waals surface area contributed by atoms with Gasteiger partial charge in [-0.3, -0.25) is 4.79 Å². The van der Waals surface area contributed by atoms with Crippen molar-refractivity contribution in [3.63, 3.8) is 0 Å². The molecule has 1 aromatic carbocycles. The predicted molar refractivity (Wildman–Crippen MR) is 112 cm³/mol. The van der Waals surface area contributed by atoms with Gasteiger partial charge in [0.05, 0.1) is 17.6 Å². The normalized spacial score (nSPS) is 26.6. The van der Waals surface area contributed by atoms with Gasteiger partial charge < -0.3 is 4.74 Å². The van der Waals surface area contributed by atoms with Crippen LogP contribution in [-0.2, 0) is 9.53 Å². The molecule has 2 aliphatic rings. The lowest BCUT2D eigenvalue weighted by atomic mass is 9.79. The second kappa shape index (κ2) is 10.9. The van der Waals surface area contributed by atoms with Crippen LogP contribution >= 0.6 is 0 Å². The van der Waals surface area contributed by atoms with Crippen molar-refractivity contribution in [3.8, 4) is 12.1 Å². The van der Waals surface area contributed by atoms with Gasteiger partial charge in [-0.1, -0.05) is 12.1 Å². The number of benzene rings is 1. The molecule has 2 saturated carbocycles. The van der Waals surface area contributed by atoms with Gasteiger partial charge in [-0.2, -0.15) is 10.5 Å². The van der Waals surface area contributed by atoms with E-state index in [1.807, 2.05) is 24.3 Å². The Labute approximate surface area is 178 Å². The number of carbonyl (C=O) groups excluding carboxylic acids is 1. The molecule has 30 heavy (non-hydrogen) atoms. The van der Waals surface area contributed by atoms with Crippen LogP contribution in [0.1, 0.15) is 81.3 Å². The maximum atomic E-state index is 13.9. The molecule has 158 valence electrons. The van der Waals surface area contributed by atoms with Crippen LogP contribution in [0.4, 0.5) is 4.39 Å². The minimum absolute atomic E-state index is 0.0150. The van der Waals surface area contributed by atoms with E-state index in [0.29, 0.717) is 5.92 Å². The van der Waals surface area contributed by atoms with Gasteiger partial charge in [-0.15, -0.1) is 0 Å². The number of hydrogen-bond acceptors (Lipinski definition) is 4. The van der Waals surface area contributed by atoms with Crippen LogP contribution in [0, 0.1) is 40.3 Å². The van der Waals surface area contributed by atoms with Crippen molar-refractivity contribution >= 4 is 5.97 Å². The summed E-state index contributed by atoms with van der Waals surface area (Å²) in [6.45, 7) is 0. The van der Waals surface area contributed by atoms with E-state index >= 15 is 0 Å². The van der Waals surface area contributed by atoms with E-state index in [-0.39, 0.29) is 29.5 Å². The maximum absolute atomic E-state index is 13.9. The molecule has 0 N–H and O–H groups in total. The molecule has 0 unspecified atom stereocenters. The number of allylic oxidation sites excluding steroid dienone is 2. The number of nitrogens with zero attached hydrogens (tertiary/aromatic N) is 2. The van der Waals surface area contributed by atoms with E-state index in [1.165, 1.54) is 12.1 Å². The lowest BCUT2D eigenvalue weighted by Crippen LogP contribution is -2.29. The molecule has 0 aromatic heterocycles. The van der Waals surface area contributed by atoms with Gasteiger partial charge in [-0.05, 0) is 93.7 Å². The smallest absolute Gasteiger partial charge is 0.309 e. The zero-order chi connectivity index (χ0) is 21.3. The average Bonchev–Trinajstić information content (AvgIpc) is 2.77. The summed E-state index contributed by atoms with van der Waals surface area (Å²) < 4.78 is 19.7. The molecule has 3 rings (SSSR count). The number of hydrogen-bond donors (Lipinski definition) is 0. The Balaban J connectivity index is 1.39. The van der Waals surface area contributed by atoms with Crippen LogP contribution in [0.15, 0.2) is 30.4 Å². The first-order valence-corrected chi connectivity index (χ1v) is 11.1. The molecule has 0 aliphatic heterocycles. The van der Waals surface area contributed by atoms with Crippen LogP contribution in [0.3, 0.4) is 0 Å². The third-order valence-electron chi connectivity index (χ3n) is 6.66. The van der Waals surface area contributed by atoms with E-state index in [4.69, 9.17) is 15.3 Å². The van der Waals surface area contributed by atoms with Crippen molar-refractivity contribution in [1.82, 2.24) is 0 Å². The van der Waals surface area contributed by atoms with Gasteiger partial charge >= 0.3 is 5.97 Å². The Bertz CT molecular complexity index is 836. The largest absolute Gasteiger partial charge is 0.462 e. The predicted octanol–water partition coefficient (Wildman–Crippen LogP) is 5.93. The summed E-state index contributed by atoms with van der Waals surface area (Å²) in [6.07, 6.45) is 12.7. The molecule has 0 spiro atoms. The number of halogens is 1. The van der Waals surface area contributed by atoms with Gasteiger partial charge in [0.25, 0.3) is 0 Å². The standard InChI is InChI=1S/C25H29FN2O2/c26-24-16-21(9-10-22(24)17-28)19-11-13-23(14-12-19)30-25(29)20-7-5-18(6-8-20)4-2-1-3-15-27/h1,3,9-10,16,18-20,23H,2,4-8,11-14H2/t18-,19-,20-,23-. The van der Waals surface area contributed by atoms with Gasteiger partial charge in [0.2, 0.25) is 0 Å². The fraction of sp³-hybridized carbons (Fsp3) is 0.560. The quantitative estimate of drug-likeness (QED) is 0.432. The molecule has 5 heteroatoms. The summed E-state index contributed by atoms with van der Waals surface area (Å²) in [5, 5.41) is 17.4. The minimum atomic E-state index is -0.458. The molecule has 2 fully saturated rings. The topological polar surface area (TPSA) is 73.9 Å². The van der Waals surface area contributed by atoms with E-state index in [0.717, 1.165) is 69.8 Å². The van der Waals surface area contributed by atoms with Crippen molar-refractivity contribution < 1.29 is 13.9 Å². The number of nitriles is 2. The Hall–Kier alpha value is -2.66. The fourth-order valence-electron chi connectivity index (χ4n) is 4.81. The highest BCUT2D eigenvalue weighted by molar-refractivity contribution is 5.72. The second-order valence-corrected chi connectivity index (χ2v) is 8.59. The number of rotatable bonds is 6. The Morgan fingerprint density at radius 2 is 1.83 bits per heavy atom. The van der Waals surface area contributed by atoms with Crippen LogP contribution < -0.4 is 0 Å². The molecule has 2 aliphatic carbocycles. The van der Waals surface area contributed by atoms with Crippen molar-refractivity contribution in [2.45, 2.75) is 76.2 Å². The Morgan fingerprint density at radius 1 is 1.10 bits per heavy atom. The Morgan fingerprint density at radius 3 is 2.47 bits per heavy atom. The number of esters is 1. The van der Waals surface area contributed by atoms with E-state index in [2.05, 4.69) is 0 Å². The molecule has 0 bridgehead atoms. The zero-order valence-corrected chi connectivity index (χ0v) is 17.4. The van der Waals surface area contributed by atoms with Crippen molar-refractivity contribution in [3.05, 3.63) is 47.3 Å². The van der Waals surface area contributed by atoms with Crippen LogP contribution in [0.25, 0.3) is 0 Å². The molecular weight excluding hydrogens is 379 g/mol. The first kappa shape index (κ1) is 22.0. The van der Waals surface area contributed by atoms with E-state index in [1.54, 1.807) is 6.07 Å². The summed E-state index contributed by atoms with van der Waals surface area (Å²) in [6, 6.07) is 8.74. The van der Waals surface area contributed by atoms with Gasteiger partial charge in [0.15, 0.2) is 0 Å². The first-order chi connectivity index (χ1) is 14.6. The number of carbonyl (C=O) groups is 1. The Kier molecular flexibility index (Phi) is 8.03. The number of ether oxygens (including phenoxy) is 1. The molecule has 0 radical (unpaired) electrons. The highest BCUT2D eigenvalue weighted by Gasteiger charge is 2.31. The van der Waals surface area contributed by atoms with Crippen LogP contribution in [0.2, 0.25) is 0 Å². The van der Waals surface area contributed by atoms with Crippen molar-refractivity contribution in [2.75, 3.05) is 0 Å². The maximum Gasteiger partial charge on any atom is 0.309 e. The van der Waals surface area contributed by atoms with Crippen molar-refractivity contribution in [2.24, 2.45) is 11.8 Å². The van der Waals surface area contributed by atoms with Gasteiger partial charge in [-0.25, -0.2) is 4.39 Å². The average molecular weight is 409 g/mol. The molecule has 1 aromatic rings. The summed E-state index contributed by atoms with van der Waals surface area (Å²) in [5.41, 5.74) is 1.01. The van der Waals surface area contributed by atoms with Crippen LogP contribution in [-0.4, -0.2) is 12.1 Å². The van der Waals surface area contributed by atoms with E-state index in [9.17, 15) is 9.18 Å². The summed E-state index contributed by atoms with van der Waals surface area (Å²) in [5.74, 6) is 0.403. The summed E-state index contributed by atoms with van der Waals surface area (Å²) >= 11 is 0. The van der Waals surface area contributed by atoms with Gasteiger partial charge in [0.1, 0.15) is 18.0 Å². The highest BCUT2D eigenvalue weighted by atomic mass is 19.1. The minimum Gasteiger partial charge on any atom is -0.462 e. The summed E-state index contributed by atoms with van der Waals surface area (Å²) in [7, 11) is 0. The van der Waals surface area contributed by atoms with E-state index < -0.39 is 5.82 Å². The molecular formula is C25H29FN2O2. The lowest BCUT2D eigenvalue weighted by Gasteiger charge is -2.31. The molecule has 0 heterocycles. The fourth-order valence-corrected chi connectivity index (χ4v) is 4.81. The lowest BCUT2D eigenvalue weighted by molar-refractivity contribution is -0.157. The van der Waals surface area contributed by atoms with Crippen molar-refractivity contribution in [1.29, 1.82) is 10.5 Å². The second-order valence-electron chi connectivity index (χ2n) is 8.59. The molecule has 0 saturated heterocycles. The first-order valence-electron chi connectivity index (χ1n) is 11.1.